The van der Waals surface area contributed by atoms with Gasteiger partial charge in [0, 0.05) is 25.4 Å². The van der Waals surface area contributed by atoms with Crippen LogP contribution in [0.5, 0.6) is 0 Å². The number of halogens is 3. The molecule has 0 bridgehead atoms. The zero-order valence-electron chi connectivity index (χ0n) is 11.3. The van der Waals surface area contributed by atoms with Crippen molar-refractivity contribution in [2.75, 3.05) is 19.8 Å². The standard InChI is InChI=1S/C12H15F3N2O3S/c1-9-4-6-20-7-5-17(9)21(18,19)10-2-3-11(16-8-10)12(13,14)15/h2-3,8-9H,4-7H2,1H3/t9-/m0/s1. The molecular formula is C12H15F3N2O3S. The minimum atomic E-state index is -4.59. The number of nitrogens with zero attached hydrogens (tertiary/aromatic N) is 2. The molecule has 0 N–H and O–H groups in total. The van der Waals surface area contributed by atoms with Gasteiger partial charge in [-0.2, -0.15) is 17.5 Å². The monoisotopic (exact) mass is 324 g/mol. The molecule has 0 spiro atoms. The van der Waals surface area contributed by atoms with E-state index in [1.807, 2.05) is 0 Å². The third kappa shape index (κ3) is 3.53. The van der Waals surface area contributed by atoms with Crippen molar-refractivity contribution in [2.24, 2.45) is 0 Å². The van der Waals surface area contributed by atoms with Crippen molar-refractivity contribution < 1.29 is 26.3 Å². The number of sulfonamides is 1. The van der Waals surface area contributed by atoms with Gasteiger partial charge < -0.3 is 4.74 Å². The van der Waals surface area contributed by atoms with Crippen LogP contribution >= 0.6 is 0 Å². The predicted molar refractivity (Wildman–Crippen MR) is 68.0 cm³/mol. The van der Waals surface area contributed by atoms with Crippen molar-refractivity contribution >= 4 is 10.0 Å². The summed E-state index contributed by atoms with van der Waals surface area (Å²) in [6, 6.07) is 1.33. The molecule has 0 aliphatic carbocycles. The second kappa shape index (κ2) is 5.90. The highest BCUT2D eigenvalue weighted by molar-refractivity contribution is 7.89. The van der Waals surface area contributed by atoms with Gasteiger partial charge in [-0.15, -0.1) is 0 Å². The quantitative estimate of drug-likeness (QED) is 0.834. The van der Waals surface area contributed by atoms with Crippen LogP contribution in [0.4, 0.5) is 13.2 Å². The second-order valence-corrected chi connectivity index (χ2v) is 6.63. The number of rotatable bonds is 2. The Kier molecular flexibility index (Phi) is 4.54. The van der Waals surface area contributed by atoms with Crippen LogP contribution in [0.2, 0.25) is 0 Å². The molecule has 5 nitrogen and oxygen atoms in total. The van der Waals surface area contributed by atoms with Gasteiger partial charge >= 0.3 is 6.18 Å². The Morgan fingerprint density at radius 1 is 1.33 bits per heavy atom. The molecule has 1 aliphatic rings. The van der Waals surface area contributed by atoms with Crippen LogP contribution in [0.15, 0.2) is 23.2 Å². The Labute approximate surface area is 120 Å². The number of hydrogen-bond acceptors (Lipinski definition) is 4. The molecule has 0 unspecified atom stereocenters. The molecule has 1 aliphatic heterocycles. The zero-order chi connectivity index (χ0) is 15.7. The van der Waals surface area contributed by atoms with Gasteiger partial charge in [0.1, 0.15) is 10.6 Å². The van der Waals surface area contributed by atoms with Crippen molar-refractivity contribution in [1.82, 2.24) is 9.29 Å². The number of aromatic nitrogens is 1. The van der Waals surface area contributed by atoms with Crippen LogP contribution in [-0.4, -0.2) is 43.5 Å². The molecule has 9 heteroatoms. The van der Waals surface area contributed by atoms with Gasteiger partial charge in [-0.3, -0.25) is 4.98 Å². The SMILES string of the molecule is C[C@H]1CCOCCN1S(=O)(=O)c1ccc(C(F)(F)F)nc1. The molecule has 21 heavy (non-hydrogen) atoms. The van der Waals surface area contributed by atoms with Crippen molar-refractivity contribution in [3.8, 4) is 0 Å². The summed E-state index contributed by atoms with van der Waals surface area (Å²) in [5.41, 5.74) is -1.12. The summed E-state index contributed by atoms with van der Waals surface area (Å²) in [5, 5.41) is 0. The van der Waals surface area contributed by atoms with Crippen molar-refractivity contribution in [2.45, 2.75) is 30.5 Å². The van der Waals surface area contributed by atoms with E-state index in [0.717, 1.165) is 12.3 Å². The first kappa shape index (κ1) is 16.2. The molecule has 2 rings (SSSR count). The van der Waals surface area contributed by atoms with Crippen molar-refractivity contribution in [3.05, 3.63) is 24.0 Å². The Hall–Kier alpha value is -1.19. The molecule has 0 saturated carbocycles. The Balaban J connectivity index is 2.30. The van der Waals surface area contributed by atoms with Gasteiger partial charge in [-0.05, 0) is 25.5 Å². The van der Waals surface area contributed by atoms with Gasteiger partial charge in [-0.25, -0.2) is 8.42 Å². The van der Waals surface area contributed by atoms with Crippen LogP contribution in [-0.2, 0) is 20.9 Å². The van der Waals surface area contributed by atoms with Crippen molar-refractivity contribution in [1.29, 1.82) is 0 Å². The van der Waals surface area contributed by atoms with Crippen LogP contribution in [0.1, 0.15) is 19.0 Å². The second-order valence-electron chi connectivity index (χ2n) is 4.74. The van der Waals surface area contributed by atoms with Gasteiger partial charge in [-0.1, -0.05) is 0 Å². The topological polar surface area (TPSA) is 59.5 Å². The van der Waals surface area contributed by atoms with E-state index in [1.165, 1.54) is 4.31 Å². The van der Waals surface area contributed by atoms with Gasteiger partial charge in [0.05, 0.1) is 6.61 Å². The molecule has 0 amide bonds. The lowest BCUT2D eigenvalue weighted by Gasteiger charge is -2.25. The Morgan fingerprint density at radius 3 is 2.62 bits per heavy atom. The fraction of sp³-hybridized carbons (Fsp3) is 0.583. The lowest BCUT2D eigenvalue weighted by atomic mass is 10.2. The van der Waals surface area contributed by atoms with Crippen LogP contribution < -0.4 is 0 Å². The zero-order valence-corrected chi connectivity index (χ0v) is 12.1. The van der Waals surface area contributed by atoms with E-state index in [9.17, 15) is 21.6 Å². The largest absolute Gasteiger partial charge is 0.433 e. The molecule has 118 valence electrons. The summed E-state index contributed by atoms with van der Waals surface area (Å²) in [7, 11) is -3.87. The van der Waals surface area contributed by atoms with E-state index in [0.29, 0.717) is 19.1 Å². The summed E-state index contributed by atoms with van der Waals surface area (Å²) in [6.45, 7) is 2.63. The molecule has 1 aromatic heterocycles. The number of alkyl halides is 3. The summed E-state index contributed by atoms with van der Waals surface area (Å²) in [4.78, 5) is 2.95. The lowest BCUT2D eigenvalue weighted by molar-refractivity contribution is -0.141. The number of pyridine rings is 1. The fourth-order valence-corrected chi connectivity index (χ4v) is 3.66. The highest BCUT2D eigenvalue weighted by atomic mass is 32.2. The maximum absolute atomic E-state index is 12.5. The molecule has 1 aromatic rings. The summed E-state index contributed by atoms with van der Waals surface area (Å²) in [6.07, 6.45) is -3.31. The average Bonchev–Trinajstić information content (AvgIpc) is 2.63. The lowest BCUT2D eigenvalue weighted by Crippen LogP contribution is -2.39. The summed E-state index contributed by atoms with van der Waals surface area (Å²) in [5.74, 6) is 0. The molecule has 0 aromatic carbocycles. The van der Waals surface area contributed by atoms with Gasteiger partial charge in [0.25, 0.3) is 0 Å². The highest BCUT2D eigenvalue weighted by Crippen LogP contribution is 2.28. The summed E-state index contributed by atoms with van der Waals surface area (Å²) >= 11 is 0. The third-order valence-corrected chi connectivity index (χ3v) is 5.26. The molecule has 0 radical (unpaired) electrons. The van der Waals surface area contributed by atoms with E-state index in [4.69, 9.17) is 4.74 Å². The van der Waals surface area contributed by atoms with E-state index < -0.39 is 21.9 Å². The third-order valence-electron chi connectivity index (χ3n) is 3.26. The normalized spacial score (nSPS) is 22.0. The van der Waals surface area contributed by atoms with E-state index in [-0.39, 0.29) is 24.1 Å². The fourth-order valence-electron chi connectivity index (χ4n) is 2.07. The number of hydrogen-bond donors (Lipinski definition) is 0. The van der Waals surface area contributed by atoms with E-state index in [2.05, 4.69) is 4.98 Å². The van der Waals surface area contributed by atoms with Crippen LogP contribution in [0.3, 0.4) is 0 Å². The maximum atomic E-state index is 12.5. The molecular weight excluding hydrogens is 309 g/mol. The molecule has 1 fully saturated rings. The van der Waals surface area contributed by atoms with Gasteiger partial charge in [0.2, 0.25) is 10.0 Å². The predicted octanol–water partition coefficient (Wildman–Crippen LogP) is 1.90. The first-order chi connectivity index (χ1) is 9.73. The summed E-state index contributed by atoms with van der Waals surface area (Å²) < 4.78 is 68.7. The Bertz CT molecular complexity index is 587. The van der Waals surface area contributed by atoms with Crippen LogP contribution in [0, 0.1) is 0 Å². The smallest absolute Gasteiger partial charge is 0.380 e. The molecule has 2 heterocycles. The highest BCUT2D eigenvalue weighted by Gasteiger charge is 2.34. The molecule has 1 saturated heterocycles. The first-order valence-electron chi connectivity index (χ1n) is 6.36. The number of ether oxygens (including phenoxy) is 1. The van der Waals surface area contributed by atoms with Crippen molar-refractivity contribution in [3.63, 3.8) is 0 Å². The van der Waals surface area contributed by atoms with Gasteiger partial charge in [0.15, 0.2) is 0 Å². The maximum Gasteiger partial charge on any atom is 0.433 e. The molecule has 1 atom stereocenters. The average molecular weight is 324 g/mol. The minimum Gasteiger partial charge on any atom is -0.380 e. The van der Waals surface area contributed by atoms with E-state index >= 15 is 0 Å². The first-order valence-corrected chi connectivity index (χ1v) is 7.80. The Morgan fingerprint density at radius 2 is 2.05 bits per heavy atom. The minimum absolute atomic E-state index is 0.171. The van der Waals surface area contributed by atoms with Crippen LogP contribution in [0.25, 0.3) is 0 Å². The van der Waals surface area contributed by atoms with E-state index in [1.54, 1.807) is 6.92 Å².